The van der Waals surface area contributed by atoms with Crippen LogP contribution < -0.4 is 0 Å². The van der Waals surface area contributed by atoms with Crippen molar-refractivity contribution in [3.05, 3.63) is 102 Å². The van der Waals surface area contributed by atoms with Gasteiger partial charge in [0, 0.05) is 10.8 Å². The highest BCUT2D eigenvalue weighted by atomic mass is 32.2. The van der Waals surface area contributed by atoms with E-state index in [-0.39, 0.29) is 5.92 Å². The van der Waals surface area contributed by atoms with Crippen molar-refractivity contribution in [3.63, 3.8) is 0 Å². The Morgan fingerprint density at radius 3 is 1.45 bits per heavy atom. The van der Waals surface area contributed by atoms with Gasteiger partial charge in [0.05, 0.1) is 0 Å². The average Bonchev–Trinajstić information content (AvgIpc) is 2.57. The zero-order valence-corrected chi connectivity index (χ0v) is 12.7. The molecular weight excluding hydrogens is 292 g/mol. The molecule has 0 heterocycles. The summed E-state index contributed by atoms with van der Waals surface area (Å²) in [4.78, 5) is 0.309. The maximum absolute atomic E-state index is 11.0. The molecule has 3 rings (SSSR count). The van der Waals surface area contributed by atoms with Gasteiger partial charge in [0.1, 0.15) is 0 Å². The Balaban J connectivity index is 2.08. The minimum absolute atomic E-state index is 0.0940. The van der Waals surface area contributed by atoms with Crippen LogP contribution in [0.2, 0.25) is 0 Å². The van der Waals surface area contributed by atoms with Crippen molar-refractivity contribution < 1.29 is 8.76 Å². The van der Waals surface area contributed by atoms with Crippen molar-refractivity contribution in [3.8, 4) is 0 Å². The van der Waals surface area contributed by atoms with Gasteiger partial charge in [-0.25, -0.2) is 0 Å². The van der Waals surface area contributed by atoms with E-state index in [0.717, 1.165) is 5.56 Å². The van der Waals surface area contributed by atoms with E-state index in [4.69, 9.17) is 0 Å². The normalized spacial score (nSPS) is 12.3. The predicted octanol–water partition coefficient (Wildman–Crippen LogP) is 4.10. The molecule has 0 spiro atoms. The molecule has 0 bridgehead atoms. The van der Waals surface area contributed by atoms with E-state index in [1.54, 1.807) is 12.1 Å². The molecule has 0 aliphatic heterocycles. The standard InChI is InChI=1S/C19H16O2S/c20-22(21)18-13-11-17(12-14-18)19(15-7-3-1-4-8-15)16-9-5-2-6-10-16/h1-14,19H,(H,20,21)/p-1. The number of hydrogen-bond donors (Lipinski definition) is 0. The lowest BCUT2D eigenvalue weighted by Gasteiger charge is -2.19. The summed E-state index contributed by atoms with van der Waals surface area (Å²) in [7, 11) is 0. The van der Waals surface area contributed by atoms with Crippen molar-refractivity contribution >= 4 is 11.1 Å². The van der Waals surface area contributed by atoms with Crippen LogP contribution in [0.5, 0.6) is 0 Å². The summed E-state index contributed by atoms with van der Waals surface area (Å²) in [6, 6.07) is 27.5. The highest BCUT2D eigenvalue weighted by molar-refractivity contribution is 7.79. The Hall–Kier alpha value is -2.23. The molecule has 110 valence electrons. The summed E-state index contributed by atoms with van der Waals surface area (Å²) in [5.74, 6) is 0.0940. The topological polar surface area (TPSA) is 40.1 Å². The maximum Gasteiger partial charge on any atom is 0.0340 e. The third-order valence-corrected chi connectivity index (χ3v) is 4.33. The molecule has 0 saturated carbocycles. The van der Waals surface area contributed by atoms with E-state index in [1.807, 2.05) is 48.5 Å². The molecule has 0 N–H and O–H groups in total. The van der Waals surface area contributed by atoms with Crippen molar-refractivity contribution in [1.82, 2.24) is 0 Å². The van der Waals surface area contributed by atoms with Crippen LogP contribution in [0, 0.1) is 0 Å². The molecule has 0 aliphatic rings. The summed E-state index contributed by atoms with van der Waals surface area (Å²) in [6.07, 6.45) is 0. The fourth-order valence-electron chi connectivity index (χ4n) is 2.64. The predicted molar refractivity (Wildman–Crippen MR) is 87.5 cm³/mol. The average molecular weight is 307 g/mol. The maximum atomic E-state index is 11.0. The van der Waals surface area contributed by atoms with Gasteiger partial charge in [0.25, 0.3) is 0 Å². The Bertz CT molecular complexity index is 713. The largest absolute Gasteiger partial charge is 0.768 e. The Morgan fingerprint density at radius 1 is 0.636 bits per heavy atom. The van der Waals surface area contributed by atoms with Crippen molar-refractivity contribution in [2.45, 2.75) is 10.8 Å². The molecule has 3 aromatic carbocycles. The van der Waals surface area contributed by atoms with Crippen LogP contribution >= 0.6 is 0 Å². The van der Waals surface area contributed by atoms with Gasteiger partial charge in [0.15, 0.2) is 0 Å². The SMILES string of the molecule is O=S([O-])c1ccc(C(c2ccccc2)c2ccccc2)cc1. The Morgan fingerprint density at radius 2 is 1.05 bits per heavy atom. The van der Waals surface area contributed by atoms with Crippen LogP contribution in [0.1, 0.15) is 22.6 Å². The van der Waals surface area contributed by atoms with Gasteiger partial charge in [-0.1, -0.05) is 72.8 Å². The van der Waals surface area contributed by atoms with Crippen LogP contribution in [-0.4, -0.2) is 8.76 Å². The van der Waals surface area contributed by atoms with Crippen molar-refractivity contribution in [2.75, 3.05) is 0 Å². The lowest BCUT2D eigenvalue weighted by molar-refractivity contribution is 0.537. The monoisotopic (exact) mass is 307 g/mol. The molecule has 0 radical (unpaired) electrons. The van der Waals surface area contributed by atoms with Crippen LogP contribution in [0.3, 0.4) is 0 Å². The van der Waals surface area contributed by atoms with Crippen LogP contribution in [-0.2, 0) is 11.1 Å². The van der Waals surface area contributed by atoms with E-state index in [0.29, 0.717) is 4.90 Å². The van der Waals surface area contributed by atoms with Crippen LogP contribution in [0.15, 0.2) is 89.8 Å². The summed E-state index contributed by atoms with van der Waals surface area (Å²) >= 11 is -2.19. The molecule has 1 atom stereocenters. The van der Waals surface area contributed by atoms with E-state index in [9.17, 15) is 8.76 Å². The second-order valence-corrected chi connectivity index (χ2v) is 6.00. The third kappa shape index (κ3) is 3.16. The molecule has 0 saturated heterocycles. The number of rotatable bonds is 4. The first kappa shape index (κ1) is 14.7. The molecule has 3 aromatic rings. The van der Waals surface area contributed by atoms with Gasteiger partial charge in [-0.15, -0.1) is 0 Å². The zero-order valence-electron chi connectivity index (χ0n) is 11.9. The first-order valence-electron chi connectivity index (χ1n) is 7.05. The second kappa shape index (κ2) is 6.69. The first-order valence-corrected chi connectivity index (χ1v) is 8.12. The van der Waals surface area contributed by atoms with Crippen LogP contribution in [0.25, 0.3) is 0 Å². The highest BCUT2D eigenvalue weighted by Crippen LogP contribution is 2.31. The van der Waals surface area contributed by atoms with E-state index >= 15 is 0 Å². The molecule has 22 heavy (non-hydrogen) atoms. The second-order valence-electron chi connectivity index (χ2n) is 5.06. The lowest BCUT2D eigenvalue weighted by Crippen LogP contribution is -2.03. The molecule has 0 aliphatic carbocycles. The van der Waals surface area contributed by atoms with Gasteiger partial charge in [-0.05, 0) is 39.9 Å². The fraction of sp³-hybridized carbons (Fsp3) is 0.0526. The quantitative estimate of drug-likeness (QED) is 0.537. The van der Waals surface area contributed by atoms with E-state index in [1.165, 1.54) is 11.1 Å². The van der Waals surface area contributed by atoms with Crippen molar-refractivity contribution in [1.29, 1.82) is 0 Å². The summed E-state index contributed by atoms with van der Waals surface area (Å²) in [5.41, 5.74) is 3.45. The molecule has 0 aromatic heterocycles. The van der Waals surface area contributed by atoms with Gasteiger partial charge in [0.2, 0.25) is 0 Å². The molecule has 1 unspecified atom stereocenters. The molecule has 3 heteroatoms. The molecule has 0 amide bonds. The lowest BCUT2D eigenvalue weighted by atomic mass is 9.85. The highest BCUT2D eigenvalue weighted by Gasteiger charge is 2.16. The molecular formula is C19H15O2S-. The summed E-state index contributed by atoms with van der Waals surface area (Å²) in [5, 5.41) is 0. The summed E-state index contributed by atoms with van der Waals surface area (Å²) in [6.45, 7) is 0. The molecule has 2 nitrogen and oxygen atoms in total. The van der Waals surface area contributed by atoms with E-state index in [2.05, 4.69) is 24.3 Å². The van der Waals surface area contributed by atoms with Gasteiger partial charge < -0.3 is 4.55 Å². The third-order valence-electron chi connectivity index (χ3n) is 3.67. The fourth-order valence-corrected chi connectivity index (χ4v) is 3.00. The van der Waals surface area contributed by atoms with Gasteiger partial charge in [-0.3, -0.25) is 4.21 Å². The smallest absolute Gasteiger partial charge is 0.0340 e. The van der Waals surface area contributed by atoms with E-state index < -0.39 is 11.1 Å². The minimum Gasteiger partial charge on any atom is -0.768 e. The van der Waals surface area contributed by atoms with Gasteiger partial charge in [-0.2, -0.15) is 0 Å². The van der Waals surface area contributed by atoms with Gasteiger partial charge >= 0.3 is 0 Å². The Labute approximate surface area is 132 Å². The zero-order chi connectivity index (χ0) is 15.4. The number of benzene rings is 3. The number of hydrogen-bond acceptors (Lipinski definition) is 2. The van der Waals surface area contributed by atoms with Crippen LogP contribution in [0.4, 0.5) is 0 Å². The van der Waals surface area contributed by atoms with Crippen molar-refractivity contribution in [2.24, 2.45) is 0 Å². The summed E-state index contributed by atoms with van der Waals surface area (Å²) < 4.78 is 22.0. The molecule has 0 fully saturated rings. The minimum atomic E-state index is -2.19. The first-order chi connectivity index (χ1) is 10.8. The Kier molecular flexibility index (Phi) is 4.47.